The van der Waals surface area contributed by atoms with Crippen LogP contribution in [0, 0.1) is 0 Å². The number of hydrogen-bond donors (Lipinski definition) is 3. The fourth-order valence-electron chi connectivity index (χ4n) is 2.85. The minimum Gasteiger partial charge on any atom is -0.508 e. The van der Waals surface area contributed by atoms with Gasteiger partial charge in [0.15, 0.2) is 11.5 Å². The van der Waals surface area contributed by atoms with Crippen LogP contribution in [0.5, 0.6) is 5.75 Å². The molecule has 2 rings (SSSR count). The smallest absolute Gasteiger partial charge is 0.290 e. The quantitative estimate of drug-likeness (QED) is 0.700. The van der Waals surface area contributed by atoms with E-state index in [1.165, 1.54) is 28.9 Å². The second-order valence-electron chi connectivity index (χ2n) is 6.12. The molecule has 6 heteroatoms. The number of quaternary nitrogens is 1. The molecular formula is C17H23N2O4+. The van der Waals surface area contributed by atoms with Crippen LogP contribution in [0.2, 0.25) is 0 Å². The van der Waals surface area contributed by atoms with E-state index in [0.29, 0.717) is 12.1 Å². The van der Waals surface area contributed by atoms with E-state index < -0.39 is 17.7 Å². The normalized spacial score (nSPS) is 18.2. The van der Waals surface area contributed by atoms with Crippen molar-refractivity contribution in [3.05, 3.63) is 41.2 Å². The van der Waals surface area contributed by atoms with Crippen LogP contribution < -0.4 is 4.90 Å². The molecule has 0 unspecified atom stereocenters. The molecule has 6 nitrogen and oxygen atoms in total. The van der Waals surface area contributed by atoms with E-state index in [1.807, 2.05) is 14.1 Å². The molecule has 0 saturated heterocycles. The Morgan fingerprint density at radius 3 is 2.35 bits per heavy atom. The SMILES string of the molecule is CC(=O)C1=C(O)C(=O)N(CCC[NH+](C)C)[C@H]1c1ccc(O)cc1. The number of carbonyl (C=O) groups is 2. The molecule has 0 aromatic heterocycles. The van der Waals surface area contributed by atoms with Gasteiger partial charge in [-0.2, -0.15) is 0 Å². The highest BCUT2D eigenvalue weighted by molar-refractivity contribution is 6.08. The van der Waals surface area contributed by atoms with Crippen molar-refractivity contribution in [1.29, 1.82) is 0 Å². The van der Waals surface area contributed by atoms with E-state index in [9.17, 15) is 19.8 Å². The first-order valence-electron chi connectivity index (χ1n) is 7.66. The molecule has 0 aliphatic carbocycles. The van der Waals surface area contributed by atoms with E-state index in [1.54, 1.807) is 12.1 Å². The van der Waals surface area contributed by atoms with E-state index in [2.05, 4.69) is 0 Å². The monoisotopic (exact) mass is 319 g/mol. The summed E-state index contributed by atoms with van der Waals surface area (Å²) in [7, 11) is 4.06. The van der Waals surface area contributed by atoms with Gasteiger partial charge in [0.05, 0.1) is 32.3 Å². The number of phenols is 1. The van der Waals surface area contributed by atoms with Gasteiger partial charge in [-0.1, -0.05) is 12.1 Å². The Labute approximate surface area is 135 Å². The summed E-state index contributed by atoms with van der Waals surface area (Å²) < 4.78 is 0. The molecule has 1 aromatic carbocycles. The van der Waals surface area contributed by atoms with Gasteiger partial charge in [-0.25, -0.2) is 0 Å². The molecule has 1 aliphatic rings. The van der Waals surface area contributed by atoms with E-state index in [4.69, 9.17) is 0 Å². The van der Waals surface area contributed by atoms with Gasteiger partial charge in [0.1, 0.15) is 5.75 Å². The van der Waals surface area contributed by atoms with Gasteiger partial charge in [-0.3, -0.25) is 9.59 Å². The third-order valence-corrected chi connectivity index (χ3v) is 3.97. The predicted octanol–water partition coefficient (Wildman–Crippen LogP) is 0.211. The van der Waals surface area contributed by atoms with Gasteiger partial charge in [0.2, 0.25) is 0 Å². The summed E-state index contributed by atoms with van der Waals surface area (Å²) in [5.41, 5.74) is 0.820. The van der Waals surface area contributed by atoms with Gasteiger partial charge in [-0.05, 0) is 24.6 Å². The van der Waals surface area contributed by atoms with Crippen LogP contribution in [-0.4, -0.2) is 54.0 Å². The molecule has 0 fully saturated rings. The standard InChI is InChI=1S/C17H22N2O4/c1-11(20)14-15(12-5-7-13(21)8-6-12)19(17(23)16(14)22)10-4-9-18(2)3/h5-8,15,21-22H,4,9-10H2,1-3H3/p+1/t15-/m0/s1. The fraction of sp³-hybridized carbons (Fsp3) is 0.412. The molecule has 0 spiro atoms. The van der Waals surface area contributed by atoms with E-state index in [0.717, 1.165) is 13.0 Å². The number of aliphatic hydroxyl groups excluding tert-OH is 1. The number of nitrogens with zero attached hydrogens (tertiary/aromatic N) is 1. The molecule has 23 heavy (non-hydrogen) atoms. The lowest BCUT2D eigenvalue weighted by molar-refractivity contribution is -0.858. The maximum atomic E-state index is 12.4. The number of Topliss-reactive ketones (excluding diaryl/α,β-unsaturated/α-hetero) is 1. The van der Waals surface area contributed by atoms with Crippen molar-refractivity contribution in [2.24, 2.45) is 0 Å². The van der Waals surface area contributed by atoms with Gasteiger partial charge in [0.25, 0.3) is 5.91 Å². The number of benzene rings is 1. The van der Waals surface area contributed by atoms with Crippen molar-refractivity contribution >= 4 is 11.7 Å². The molecule has 1 amide bonds. The largest absolute Gasteiger partial charge is 0.508 e. The second kappa shape index (κ2) is 6.83. The molecule has 1 heterocycles. The average molecular weight is 319 g/mol. The van der Waals surface area contributed by atoms with Crippen molar-refractivity contribution in [3.63, 3.8) is 0 Å². The van der Waals surface area contributed by atoms with Crippen molar-refractivity contribution in [1.82, 2.24) is 4.90 Å². The lowest BCUT2D eigenvalue weighted by atomic mass is 9.96. The van der Waals surface area contributed by atoms with Crippen molar-refractivity contribution in [2.75, 3.05) is 27.2 Å². The van der Waals surface area contributed by atoms with Gasteiger partial charge >= 0.3 is 0 Å². The summed E-state index contributed by atoms with van der Waals surface area (Å²) in [6, 6.07) is 5.75. The van der Waals surface area contributed by atoms with E-state index in [-0.39, 0.29) is 17.1 Å². The van der Waals surface area contributed by atoms with Crippen LogP contribution in [0.15, 0.2) is 35.6 Å². The minimum absolute atomic E-state index is 0.110. The minimum atomic E-state index is -0.599. The molecular weight excluding hydrogens is 296 g/mol. The van der Waals surface area contributed by atoms with Crippen LogP contribution in [0.4, 0.5) is 0 Å². The molecule has 0 bridgehead atoms. The Bertz CT molecular complexity index is 634. The Morgan fingerprint density at radius 1 is 1.22 bits per heavy atom. The number of nitrogens with one attached hydrogen (secondary N) is 1. The number of aromatic hydroxyl groups is 1. The van der Waals surface area contributed by atoms with Gasteiger partial charge in [-0.15, -0.1) is 0 Å². The summed E-state index contributed by atoms with van der Waals surface area (Å²) in [6.07, 6.45) is 0.765. The Morgan fingerprint density at radius 2 is 1.83 bits per heavy atom. The molecule has 124 valence electrons. The number of amides is 1. The summed E-state index contributed by atoms with van der Waals surface area (Å²) in [4.78, 5) is 27.1. The molecule has 1 atom stereocenters. The summed E-state index contributed by atoms with van der Waals surface area (Å²) in [6.45, 7) is 2.68. The first kappa shape index (κ1) is 17.0. The summed E-state index contributed by atoms with van der Waals surface area (Å²) in [5, 5.41) is 19.5. The average Bonchev–Trinajstić information content (AvgIpc) is 2.72. The maximum Gasteiger partial charge on any atom is 0.290 e. The first-order valence-corrected chi connectivity index (χ1v) is 7.66. The number of aliphatic hydroxyl groups is 1. The second-order valence-corrected chi connectivity index (χ2v) is 6.12. The molecule has 3 N–H and O–H groups in total. The number of rotatable bonds is 6. The molecule has 1 aliphatic heterocycles. The van der Waals surface area contributed by atoms with Crippen molar-refractivity contribution < 1.29 is 24.7 Å². The zero-order valence-electron chi connectivity index (χ0n) is 13.7. The highest BCUT2D eigenvalue weighted by Gasteiger charge is 2.41. The van der Waals surface area contributed by atoms with Crippen LogP contribution in [0.3, 0.4) is 0 Å². The Balaban J connectivity index is 2.34. The third-order valence-electron chi connectivity index (χ3n) is 3.97. The van der Waals surface area contributed by atoms with E-state index >= 15 is 0 Å². The zero-order valence-corrected chi connectivity index (χ0v) is 13.7. The number of carbonyl (C=O) groups excluding carboxylic acids is 2. The number of phenolic OH excluding ortho intramolecular Hbond substituents is 1. The molecule has 0 saturated carbocycles. The summed E-state index contributed by atoms with van der Waals surface area (Å²) in [5.74, 6) is -1.19. The third kappa shape index (κ3) is 3.53. The first-order chi connectivity index (χ1) is 10.8. The van der Waals surface area contributed by atoms with Crippen LogP contribution in [-0.2, 0) is 9.59 Å². The van der Waals surface area contributed by atoms with Crippen LogP contribution in [0.25, 0.3) is 0 Å². The fourth-order valence-corrected chi connectivity index (χ4v) is 2.85. The molecule has 1 aromatic rings. The van der Waals surface area contributed by atoms with Crippen molar-refractivity contribution in [3.8, 4) is 5.75 Å². The highest BCUT2D eigenvalue weighted by atomic mass is 16.3. The predicted molar refractivity (Wildman–Crippen MR) is 85.2 cm³/mol. The van der Waals surface area contributed by atoms with Gasteiger partial charge < -0.3 is 20.0 Å². The lowest BCUT2D eigenvalue weighted by Gasteiger charge is -2.26. The number of ketones is 1. The zero-order chi connectivity index (χ0) is 17.1. The maximum absolute atomic E-state index is 12.4. The Kier molecular flexibility index (Phi) is 5.05. The Hall–Kier alpha value is -2.34. The van der Waals surface area contributed by atoms with Crippen molar-refractivity contribution in [2.45, 2.75) is 19.4 Å². The summed E-state index contributed by atoms with van der Waals surface area (Å²) >= 11 is 0. The molecule has 0 radical (unpaired) electrons. The van der Waals surface area contributed by atoms with Gasteiger partial charge in [0, 0.05) is 13.0 Å². The lowest BCUT2D eigenvalue weighted by Crippen LogP contribution is -3.05. The van der Waals surface area contributed by atoms with Crippen LogP contribution >= 0.6 is 0 Å². The topological polar surface area (TPSA) is 82.3 Å². The number of hydrogen-bond acceptors (Lipinski definition) is 4. The highest BCUT2D eigenvalue weighted by Crippen LogP contribution is 2.37. The van der Waals surface area contributed by atoms with Crippen LogP contribution in [0.1, 0.15) is 24.9 Å².